The van der Waals surface area contributed by atoms with Crippen LogP contribution in [-0.2, 0) is 9.59 Å². The summed E-state index contributed by atoms with van der Waals surface area (Å²) in [6, 6.07) is 24.7. The van der Waals surface area contributed by atoms with Crippen molar-refractivity contribution in [3.8, 4) is 0 Å². The Bertz CT molecular complexity index is 1040. The molecule has 0 aliphatic carbocycles. The number of aryl methyl sites for hydroxylation is 1. The number of imide groups is 1. The summed E-state index contributed by atoms with van der Waals surface area (Å²) in [6.07, 6.45) is 0. The highest BCUT2D eigenvalue weighted by molar-refractivity contribution is 8.04. The number of hydrogen-bond acceptors (Lipinski definition) is 4. The predicted molar refractivity (Wildman–Crippen MR) is 118 cm³/mol. The van der Waals surface area contributed by atoms with E-state index in [1.165, 1.54) is 16.7 Å². The van der Waals surface area contributed by atoms with E-state index in [0.29, 0.717) is 16.3 Å². The minimum absolute atomic E-state index is 0.302. The van der Waals surface area contributed by atoms with E-state index in [-0.39, 0.29) is 11.8 Å². The zero-order chi connectivity index (χ0) is 20.4. The maximum absolute atomic E-state index is 13.4. The molecule has 0 bridgehead atoms. The molecule has 0 saturated carbocycles. The van der Waals surface area contributed by atoms with Gasteiger partial charge < -0.3 is 5.32 Å². The van der Waals surface area contributed by atoms with E-state index in [0.717, 1.165) is 21.7 Å². The van der Waals surface area contributed by atoms with Crippen LogP contribution >= 0.6 is 11.8 Å². The van der Waals surface area contributed by atoms with Crippen molar-refractivity contribution in [3.05, 3.63) is 101 Å². The lowest BCUT2D eigenvalue weighted by Crippen LogP contribution is -2.33. The summed E-state index contributed by atoms with van der Waals surface area (Å²) < 4.78 is 0. The normalized spacial score (nSPS) is 13.9. The van der Waals surface area contributed by atoms with Gasteiger partial charge in [0.25, 0.3) is 11.8 Å². The van der Waals surface area contributed by atoms with Gasteiger partial charge in [-0.3, -0.25) is 9.59 Å². The topological polar surface area (TPSA) is 49.4 Å². The molecule has 2 amide bonds. The summed E-state index contributed by atoms with van der Waals surface area (Å²) in [5, 5.41) is 3.17. The summed E-state index contributed by atoms with van der Waals surface area (Å²) in [5.41, 5.74) is 3.63. The van der Waals surface area contributed by atoms with Gasteiger partial charge in [-0.25, -0.2) is 4.90 Å². The number of rotatable bonds is 5. The smallest absolute Gasteiger partial charge is 0.283 e. The van der Waals surface area contributed by atoms with Crippen LogP contribution in [0.25, 0.3) is 0 Å². The van der Waals surface area contributed by atoms with Gasteiger partial charge in [-0.2, -0.15) is 0 Å². The van der Waals surface area contributed by atoms with Gasteiger partial charge in [-0.15, -0.1) is 0 Å². The summed E-state index contributed by atoms with van der Waals surface area (Å²) >= 11 is 1.30. The molecule has 3 aromatic carbocycles. The Kier molecular flexibility index (Phi) is 5.23. The van der Waals surface area contributed by atoms with Crippen molar-refractivity contribution in [2.45, 2.75) is 18.7 Å². The molecule has 0 unspecified atom stereocenters. The molecule has 4 nitrogen and oxygen atoms in total. The monoisotopic (exact) mass is 400 g/mol. The minimum atomic E-state index is -0.342. The number of carbonyl (C=O) groups is 2. The van der Waals surface area contributed by atoms with Crippen LogP contribution in [0, 0.1) is 13.8 Å². The molecule has 0 atom stereocenters. The highest BCUT2D eigenvalue weighted by atomic mass is 32.2. The third-order valence-corrected chi connectivity index (χ3v) is 5.96. The summed E-state index contributed by atoms with van der Waals surface area (Å²) in [4.78, 5) is 29.3. The van der Waals surface area contributed by atoms with Crippen molar-refractivity contribution in [2.24, 2.45) is 0 Å². The summed E-state index contributed by atoms with van der Waals surface area (Å²) in [7, 11) is 0. The first-order valence-electron chi connectivity index (χ1n) is 9.30. The predicted octanol–water partition coefficient (Wildman–Crippen LogP) is 5.29. The second-order valence-electron chi connectivity index (χ2n) is 6.78. The SMILES string of the molecule is Cc1cccc(N2C(=O)C(Nc3ccccc3)=C(Sc3ccccc3)C2=O)c1C. The van der Waals surface area contributed by atoms with Crippen LogP contribution in [0.4, 0.5) is 11.4 Å². The van der Waals surface area contributed by atoms with Gasteiger partial charge in [-0.05, 0) is 55.3 Å². The zero-order valence-corrected chi connectivity index (χ0v) is 17.0. The Morgan fingerprint density at radius 3 is 2.10 bits per heavy atom. The second kappa shape index (κ2) is 7.97. The molecule has 1 N–H and O–H groups in total. The number of amides is 2. The van der Waals surface area contributed by atoms with Crippen molar-refractivity contribution in [1.82, 2.24) is 0 Å². The van der Waals surface area contributed by atoms with Gasteiger partial charge in [0, 0.05) is 10.6 Å². The lowest BCUT2D eigenvalue weighted by molar-refractivity contribution is -0.120. The van der Waals surface area contributed by atoms with Crippen molar-refractivity contribution in [2.75, 3.05) is 10.2 Å². The number of hydrogen-bond donors (Lipinski definition) is 1. The largest absolute Gasteiger partial charge is 0.350 e. The van der Waals surface area contributed by atoms with Crippen LogP contribution in [0.3, 0.4) is 0 Å². The first kappa shape index (κ1) is 19.0. The molecule has 29 heavy (non-hydrogen) atoms. The van der Waals surface area contributed by atoms with E-state index in [4.69, 9.17) is 0 Å². The third kappa shape index (κ3) is 3.69. The quantitative estimate of drug-likeness (QED) is 0.591. The molecule has 144 valence electrons. The molecule has 0 aromatic heterocycles. The number of thioether (sulfide) groups is 1. The van der Waals surface area contributed by atoms with Gasteiger partial charge >= 0.3 is 0 Å². The number of benzene rings is 3. The van der Waals surface area contributed by atoms with E-state index in [1.807, 2.05) is 92.7 Å². The maximum atomic E-state index is 13.4. The van der Waals surface area contributed by atoms with Gasteiger partial charge in [0.05, 0.1) is 5.69 Å². The van der Waals surface area contributed by atoms with E-state index in [2.05, 4.69) is 5.32 Å². The van der Waals surface area contributed by atoms with E-state index >= 15 is 0 Å². The molecule has 4 rings (SSSR count). The van der Waals surface area contributed by atoms with Crippen LogP contribution in [0.2, 0.25) is 0 Å². The molecule has 0 spiro atoms. The fourth-order valence-electron chi connectivity index (χ4n) is 3.18. The fourth-order valence-corrected chi connectivity index (χ4v) is 4.13. The number of nitrogens with zero attached hydrogens (tertiary/aromatic N) is 1. The van der Waals surface area contributed by atoms with Crippen LogP contribution in [0.15, 0.2) is 94.4 Å². The maximum Gasteiger partial charge on any atom is 0.283 e. The fraction of sp³-hybridized carbons (Fsp3) is 0.0833. The molecule has 0 fully saturated rings. The van der Waals surface area contributed by atoms with Crippen molar-refractivity contribution in [1.29, 1.82) is 0 Å². The number of nitrogens with one attached hydrogen (secondary N) is 1. The molecule has 3 aromatic rings. The van der Waals surface area contributed by atoms with E-state index < -0.39 is 0 Å². The van der Waals surface area contributed by atoms with Crippen LogP contribution in [0.1, 0.15) is 11.1 Å². The standard InChI is InChI=1S/C24H20N2O2S/c1-16-10-9-15-20(17(16)2)26-23(27)21(25-18-11-5-3-6-12-18)22(24(26)28)29-19-13-7-4-8-14-19/h3-15,25H,1-2H3. The van der Waals surface area contributed by atoms with Gasteiger partial charge in [0.1, 0.15) is 10.6 Å². The summed E-state index contributed by atoms with van der Waals surface area (Å²) in [6.45, 7) is 3.90. The Labute approximate surface area is 174 Å². The average molecular weight is 401 g/mol. The molecular formula is C24H20N2O2S. The van der Waals surface area contributed by atoms with Crippen molar-refractivity contribution < 1.29 is 9.59 Å². The van der Waals surface area contributed by atoms with E-state index in [9.17, 15) is 9.59 Å². The molecule has 1 aliphatic rings. The lowest BCUT2D eigenvalue weighted by Gasteiger charge is -2.19. The van der Waals surface area contributed by atoms with Crippen LogP contribution in [0.5, 0.6) is 0 Å². The lowest BCUT2D eigenvalue weighted by atomic mass is 10.1. The molecule has 1 heterocycles. The van der Waals surface area contributed by atoms with Crippen LogP contribution in [-0.4, -0.2) is 11.8 Å². The number of carbonyl (C=O) groups excluding carboxylic acids is 2. The Hall–Kier alpha value is -3.31. The van der Waals surface area contributed by atoms with Gasteiger partial charge in [0.15, 0.2) is 0 Å². The van der Waals surface area contributed by atoms with E-state index in [1.54, 1.807) is 0 Å². The highest BCUT2D eigenvalue weighted by Crippen LogP contribution is 2.38. The second-order valence-corrected chi connectivity index (χ2v) is 7.86. The average Bonchev–Trinajstić information content (AvgIpc) is 2.96. The first-order valence-corrected chi connectivity index (χ1v) is 10.1. The Morgan fingerprint density at radius 1 is 0.759 bits per heavy atom. The Morgan fingerprint density at radius 2 is 1.41 bits per heavy atom. The number of anilines is 2. The molecule has 5 heteroatoms. The van der Waals surface area contributed by atoms with Gasteiger partial charge in [0.2, 0.25) is 0 Å². The highest BCUT2D eigenvalue weighted by Gasteiger charge is 2.40. The molecule has 0 saturated heterocycles. The molecule has 0 radical (unpaired) electrons. The van der Waals surface area contributed by atoms with Crippen LogP contribution < -0.4 is 10.2 Å². The summed E-state index contributed by atoms with van der Waals surface area (Å²) in [5.74, 6) is -0.651. The Balaban J connectivity index is 1.78. The molecular weight excluding hydrogens is 380 g/mol. The van der Waals surface area contributed by atoms with Crippen molar-refractivity contribution in [3.63, 3.8) is 0 Å². The number of para-hydroxylation sites is 1. The van der Waals surface area contributed by atoms with Gasteiger partial charge in [-0.1, -0.05) is 60.3 Å². The van der Waals surface area contributed by atoms with Crippen molar-refractivity contribution >= 4 is 35.0 Å². The minimum Gasteiger partial charge on any atom is -0.350 e. The first-order chi connectivity index (χ1) is 14.1. The third-order valence-electron chi connectivity index (χ3n) is 4.86. The molecule has 1 aliphatic heterocycles. The zero-order valence-electron chi connectivity index (χ0n) is 16.2.